The van der Waals surface area contributed by atoms with Crippen molar-refractivity contribution in [2.75, 3.05) is 26.4 Å². The van der Waals surface area contributed by atoms with Gasteiger partial charge in [0.05, 0.1) is 19.8 Å². The number of aliphatic hydroxyl groups is 7. The number of carbonyl (C=O) groups is 2. The molecule has 11 unspecified atom stereocenters. The fraction of sp³-hybridized carbons (Fsp3) is 0.763. The molecule has 2 rings (SSSR count). The van der Waals surface area contributed by atoms with Gasteiger partial charge < -0.3 is 64.2 Å². The number of aliphatic hydroxyl groups excluding tert-OH is 7. The summed E-state index contributed by atoms with van der Waals surface area (Å²) in [6.45, 7) is 2.44. The monoisotopic (exact) mass is 1050 g/mol. The van der Waals surface area contributed by atoms with Crippen LogP contribution in [-0.2, 0) is 38.0 Å². The van der Waals surface area contributed by atoms with E-state index in [0.717, 1.165) is 96.3 Å². The number of carbonyl (C=O) groups excluding carboxylic acids is 2. The van der Waals surface area contributed by atoms with E-state index in [0.29, 0.717) is 12.8 Å². The van der Waals surface area contributed by atoms with Crippen molar-refractivity contribution in [2.45, 2.75) is 261 Å². The maximum atomic E-state index is 13.1. The zero-order chi connectivity index (χ0) is 53.9. The molecule has 0 amide bonds. The molecule has 2 aliphatic heterocycles. The van der Waals surface area contributed by atoms with Gasteiger partial charge in [0.1, 0.15) is 55.4 Å². The largest absolute Gasteiger partial charge is 0.462 e. The second-order valence-corrected chi connectivity index (χ2v) is 19.7. The number of esters is 2. The first kappa shape index (κ1) is 67.1. The minimum atomic E-state index is -1.77. The Morgan fingerprint density at radius 3 is 1.34 bits per heavy atom. The molecule has 0 aromatic heterocycles. The van der Waals surface area contributed by atoms with Crippen molar-refractivity contribution in [1.29, 1.82) is 0 Å². The molecule has 2 aliphatic rings. The molecule has 15 heteroatoms. The maximum Gasteiger partial charge on any atom is 0.306 e. The summed E-state index contributed by atoms with van der Waals surface area (Å²) in [5.74, 6) is -0.945. The number of hydrogen-bond donors (Lipinski definition) is 7. The molecule has 0 spiro atoms. The average molecular weight is 1050 g/mol. The van der Waals surface area contributed by atoms with Crippen molar-refractivity contribution in [2.24, 2.45) is 0 Å². The molecule has 2 heterocycles. The van der Waals surface area contributed by atoms with Crippen LogP contribution in [0.5, 0.6) is 0 Å². The number of ether oxygens (including phenoxy) is 6. The Balaban J connectivity index is 1.77. The van der Waals surface area contributed by atoms with Crippen LogP contribution in [0.4, 0.5) is 0 Å². The van der Waals surface area contributed by atoms with Crippen molar-refractivity contribution < 1.29 is 73.8 Å². The van der Waals surface area contributed by atoms with E-state index in [1.54, 1.807) is 0 Å². The second kappa shape index (κ2) is 45.0. The van der Waals surface area contributed by atoms with Crippen LogP contribution in [0, 0.1) is 0 Å². The second-order valence-electron chi connectivity index (χ2n) is 19.7. The zero-order valence-corrected chi connectivity index (χ0v) is 45.3. The summed E-state index contributed by atoms with van der Waals surface area (Å²) in [5.41, 5.74) is 0. The SMILES string of the molecule is CC/C=C\C/C=C\C/C=C\C/C=C\CCCCCCCCCCC(=O)OC(COC(=O)CCCCCCCCC/C=C\C/C=C\CCCCC)COC1OC(COC2OC(CO)C(O)C(O)C2O)C(O)C(O)C1O. The fourth-order valence-corrected chi connectivity index (χ4v) is 8.53. The summed E-state index contributed by atoms with van der Waals surface area (Å²) in [4.78, 5) is 25.9. The van der Waals surface area contributed by atoms with Crippen molar-refractivity contribution in [3.05, 3.63) is 72.9 Å². The zero-order valence-electron chi connectivity index (χ0n) is 45.3. The van der Waals surface area contributed by atoms with E-state index in [2.05, 4.69) is 86.8 Å². The average Bonchev–Trinajstić information content (AvgIpc) is 3.39. The quantitative estimate of drug-likeness (QED) is 0.0171. The molecule has 426 valence electrons. The predicted octanol–water partition coefficient (Wildman–Crippen LogP) is 9.38. The Hall–Kier alpha value is -3.06. The number of rotatable bonds is 44. The van der Waals surface area contributed by atoms with Gasteiger partial charge in [-0.2, -0.15) is 0 Å². The van der Waals surface area contributed by atoms with E-state index in [4.69, 9.17) is 28.4 Å². The van der Waals surface area contributed by atoms with Crippen molar-refractivity contribution >= 4 is 11.9 Å². The normalized spacial score (nSPS) is 25.2. The van der Waals surface area contributed by atoms with Gasteiger partial charge in [0.15, 0.2) is 18.7 Å². The molecule has 2 saturated heterocycles. The third-order valence-corrected chi connectivity index (χ3v) is 13.2. The van der Waals surface area contributed by atoms with E-state index < -0.39 is 99.3 Å². The topological polar surface area (TPSA) is 231 Å². The molecule has 11 atom stereocenters. The Morgan fingerprint density at radius 2 is 0.851 bits per heavy atom. The molecule has 15 nitrogen and oxygen atoms in total. The third kappa shape index (κ3) is 31.9. The first-order valence-corrected chi connectivity index (χ1v) is 28.5. The van der Waals surface area contributed by atoms with Gasteiger partial charge in [-0.3, -0.25) is 9.59 Å². The van der Waals surface area contributed by atoms with Gasteiger partial charge in [0.25, 0.3) is 0 Å². The highest BCUT2D eigenvalue weighted by Gasteiger charge is 2.47. The van der Waals surface area contributed by atoms with Crippen LogP contribution < -0.4 is 0 Å². The Bertz CT molecular complexity index is 1560. The summed E-state index contributed by atoms with van der Waals surface area (Å²) in [7, 11) is 0. The number of allylic oxidation sites excluding steroid dienone is 12. The van der Waals surface area contributed by atoms with Crippen LogP contribution in [0.25, 0.3) is 0 Å². The molecule has 7 N–H and O–H groups in total. The van der Waals surface area contributed by atoms with E-state index >= 15 is 0 Å². The summed E-state index contributed by atoms with van der Waals surface area (Å²) in [5, 5.41) is 72.3. The van der Waals surface area contributed by atoms with Gasteiger partial charge in [0, 0.05) is 12.8 Å². The van der Waals surface area contributed by atoms with Gasteiger partial charge >= 0.3 is 11.9 Å². The molecule has 0 aromatic rings. The van der Waals surface area contributed by atoms with Crippen LogP contribution in [0.3, 0.4) is 0 Å². The minimum absolute atomic E-state index is 0.150. The third-order valence-electron chi connectivity index (χ3n) is 13.2. The highest BCUT2D eigenvalue weighted by atomic mass is 16.7. The lowest BCUT2D eigenvalue weighted by Crippen LogP contribution is -2.61. The van der Waals surface area contributed by atoms with E-state index in [-0.39, 0.29) is 19.4 Å². The lowest BCUT2D eigenvalue weighted by Gasteiger charge is -2.42. The Kier molecular flexibility index (Phi) is 40.8. The van der Waals surface area contributed by atoms with Crippen LogP contribution >= 0.6 is 0 Å². The van der Waals surface area contributed by atoms with Gasteiger partial charge in [-0.15, -0.1) is 0 Å². The molecule has 0 aromatic carbocycles. The van der Waals surface area contributed by atoms with Gasteiger partial charge in [-0.1, -0.05) is 170 Å². The molecule has 0 bridgehead atoms. The van der Waals surface area contributed by atoms with E-state index in [1.165, 1.54) is 57.8 Å². The molecule has 2 fully saturated rings. The van der Waals surface area contributed by atoms with E-state index in [9.17, 15) is 45.3 Å². The maximum absolute atomic E-state index is 13.1. The molecule has 0 saturated carbocycles. The van der Waals surface area contributed by atoms with Crippen molar-refractivity contribution in [3.63, 3.8) is 0 Å². The van der Waals surface area contributed by atoms with Crippen molar-refractivity contribution in [3.8, 4) is 0 Å². The molecule has 0 radical (unpaired) electrons. The van der Waals surface area contributed by atoms with Gasteiger partial charge in [-0.05, 0) is 83.5 Å². The van der Waals surface area contributed by atoms with Gasteiger partial charge in [0.2, 0.25) is 0 Å². The predicted molar refractivity (Wildman–Crippen MR) is 289 cm³/mol. The van der Waals surface area contributed by atoms with Crippen LogP contribution in [0.15, 0.2) is 72.9 Å². The highest BCUT2D eigenvalue weighted by Crippen LogP contribution is 2.26. The smallest absolute Gasteiger partial charge is 0.306 e. The number of unbranched alkanes of at least 4 members (excludes halogenated alkanes) is 18. The van der Waals surface area contributed by atoms with Crippen molar-refractivity contribution in [1.82, 2.24) is 0 Å². The lowest BCUT2D eigenvalue weighted by molar-refractivity contribution is -0.332. The summed E-state index contributed by atoms with van der Waals surface area (Å²) < 4.78 is 33.7. The van der Waals surface area contributed by atoms with Crippen LogP contribution in [-0.4, -0.2) is 142 Å². The summed E-state index contributed by atoms with van der Waals surface area (Å²) >= 11 is 0. The van der Waals surface area contributed by atoms with E-state index in [1.807, 2.05) is 0 Å². The van der Waals surface area contributed by atoms with Gasteiger partial charge in [-0.25, -0.2) is 0 Å². The molecule has 74 heavy (non-hydrogen) atoms. The lowest BCUT2D eigenvalue weighted by atomic mass is 9.98. The Labute approximate surface area is 444 Å². The molecule has 0 aliphatic carbocycles. The number of hydrogen-bond acceptors (Lipinski definition) is 15. The molecular weight excluding hydrogens is 949 g/mol. The fourth-order valence-electron chi connectivity index (χ4n) is 8.53. The van der Waals surface area contributed by atoms with Crippen LogP contribution in [0.1, 0.15) is 194 Å². The Morgan fingerprint density at radius 1 is 0.446 bits per heavy atom. The summed E-state index contributed by atoms with van der Waals surface area (Å²) in [6, 6.07) is 0. The standard InChI is InChI=1S/C59H100O15/c1-3-5-7-9-11-13-15-17-19-21-22-23-24-26-28-30-32-34-36-38-40-42-51(62)72-47(44-69-50(61)41-39-37-35-33-31-29-27-25-20-18-16-14-12-10-8-6-4-2)45-70-58-57(68)55(66)53(64)49(74-58)46-71-59-56(67)54(65)52(63)48(43-60)73-59/h5,7,11-14,17-20,22-23,47-49,52-60,63-68H,3-4,6,8-10,15-16,21,24-46H2,1-2H3/b7-5-,13-11-,14-12-,19-17-,20-18-,23-22-. The minimum Gasteiger partial charge on any atom is -0.462 e. The summed E-state index contributed by atoms with van der Waals surface area (Å²) in [6.07, 6.45) is 37.7. The van der Waals surface area contributed by atoms with Crippen LogP contribution in [0.2, 0.25) is 0 Å². The first-order valence-electron chi connectivity index (χ1n) is 28.5. The highest BCUT2D eigenvalue weighted by molar-refractivity contribution is 5.70. The molecular formula is C59H100O15. The first-order chi connectivity index (χ1) is 36.0.